The highest BCUT2D eigenvalue weighted by molar-refractivity contribution is 5.90. The monoisotopic (exact) mass is 401 g/mol. The Bertz CT molecular complexity index is 1040. The molecule has 29 heavy (non-hydrogen) atoms. The average molecular weight is 401 g/mol. The van der Waals surface area contributed by atoms with Gasteiger partial charge >= 0.3 is 0 Å². The van der Waals surface area contributed by atoms with Crippen molar-refractivity contribution in [2.24, 2.45) is 13.0 Å². The van der Waals surface area contributed by atoms with Gasteiger partial charge in [0.15, 0.2) is 0 Å². The molecule has 8 heteroatoms. The summed E-state index contributed by atoms with van der Waals surface area (Å²) in [7, 11) is 1.57. The Morgan fingerprint density at radius 2 is 2.03 bits per heavy atom. The van der Waals surface area contributed by atoms with Crippen LogP contribution in [0.2, 0.25) is 0 Å². The first kappa shape index (κ1) is 20.8. The maximum absolute atomic E-state index is 14.7. The number of nitrogens with zero attached hydrogens (tertiary/aromatic N) is 4. The number of hydrogen-bond acceptors (Lipinski definition) is 4. The number of carbonyl (C=O) groups is 1. The number of aromatic nitrogens is 4. The van der Waals surface area contributed by atoms with Gasteiger partial charge in [-0.3, -0.25) is 9.48 Å². The quantitative estimate of drug-likeness (QED) is 0.708. The number of fused-ring (bicyclic) bond motifs is 1. The molecule has 4 rings (SSSR count). The molecule has 0 bridgehead atoms. The van der Waals surface area contributed by atoms with Crippen LogP contribution in [0.5, 0.6) is 5.75 Å². The Morgan fingerprint density at radius 3 is 2.66 bits per heavy atom. The predicted molar refractivity (Wildman–Crippen MR) is 110 cm³/mol. The van der Waals surface area contributed by atoms with E-state index in [1.807, 2.05) is 29.9 Å². The fourth-order valence-corrected chi connectivity index (χ4v) is 3.54. The Balaban J connectivity index is 0.00000240. The van der Waals surface area contributed by atoms with E-state index < -0.39 is 5.95 Å². The third-order valence-electron chi connectivity index (χ3n) is 5.28. The van der Waals surface area contributed by atoms with Gasteiger partial charge in [0.1, 0.15) is 11.9 Å². The Morgan fingerprint density at radius 1 is 1.28 bits per heavy atom. The molecule has 1 aromatic carbocycles. The van der Waals surface area contributed by atoms with Gasteiger partial charge in [-0.25, -0.2) is 4.68 Å². The molecule has 3 aromatic rings. The molecular formula is C21H28FN5O2. The van der Waals surface area contributed by atoms with Crippen molar-refractivity contribution in [3.8, 4) is 16.9 Å². The molecule has 3 heterocycles. The van der Waals surface area contributed by atoms with Gasteiger partial charge in [0.2, 0.25) is 11.9 Å². The Labute approximate surface area is 169 Å². The van der Waals surface area contributed by atoms with Gasteiger partial charge in [-0.05, 0) is 38.5 Å². The van der Waals surface area contributed by atoms with Crippen LogP contribution in [-0.2, 0) is 11.8 Å². The zero-order chi connectivity index (χ0) is 20.0. The number of aryl methyl sites for hydroxylation is 1. The van der Waals surface area contributed by atoms with Crippen molar-refractivity contribution >= 4 is 16.8 Å². The third-order valence-corrected chi connectivity index (χ3v) is 5.28. The summed E-state index contributed by atoms with van der Waals surface area (Å²) >= 11 is 0. The van der Waals surface area contributed by atoms with E-state index >= 15 is 0 Å². The van der Waals surface area contributed by atoms with Crippen LogP contribution in [-0.4, -0.2) is 38.1 Å². The normalized spacial score (nSPS) is 17.4. The van der Waals surface area contributed by atoms with E-state index in [4.69, 9.17) is 4.74 Å². The van der Waals surface area contributed by atoms with Crippen LogP contribution in [0.1, 0.15) is 40.7 Å². The van der Waals surface area contributed by atoms with Crippen LogP contribution < -0.4 is 10.1 Å². The molecule has 0 radical (unpaired) electrons. The van der Waals surface area contributed by atoms with Crippen LogP contribution >= 0.6 is 0 Å². The first-order valence-corrected chi connectivity index (χ1v) is 9.47. The molecule has 156 valence electrons. The zero-order valence-corrected chi connectivity index (χ0v) is 16.4. The number of amides is 1. The number of ether oxygens (including phenoxy) is 1. The Hall–Kier alpha value is -2.90. The van der Waals surface area contributed by atoms with Crippen molar-refractivity contribution in [1.29, 1.82) is 0 Å². The van der Waals surface area contributed by atoms with Crippen LogP contribution in [0, 0.1) is 11.9 Å². The highest BCUT2D eigenvalue weighted by Crippen LogP contribution is 2.35. The topological polar surface area (TPSA) is 74.0 Å². The van der Waals surface area contributed by atoms with E-state index in [1.165, 1.54) is 4.68 Å². The molecule has 2 aromatic heterocycles. The fourth-order valence-electron chi connectivity index (χ4n) is 3.54. The maximum Gasteiger partial charge on any atom is 0.222 e. The van der Waals surface area contributed by atoms with Crippen molar-refractivity contribution < 1.29 is 13.9 Å². The minimum Gasteiger partial charge on any atom is -0.489 e. The maximum atomic E-state index is 14.7. The number of rotatable bonds is 5. The summed E-state index contributed by atoms with van der Waals surface area (Å²) in [4.78, 5) is 11.5. The fraction of sp³-hybridized carbons (Fsp3) is 0.476. The molecule has 7 nitrogen and oxygen atoms in total. The van der Waals surface area contributed by atoms with Gasteiger partial charge in [0, 0.05) is 43.7 Å². The largest absolute Gasteiger partial charge is 0.489 e. The van der Waals surface area contributed by atoms with Crippen LogP contribution in [0.15, 0.2) is 24.5 Å². The van der Waals surface area contributed by atoms with E-state index in [0.29, 0.717) is 29.6 Å². The van der Waals surface area contributed by atoms with Gasteiger partial charge in [0.25, 0.3) is 0 Å². The number of halogens is 1. The van der Waals surface area contributed by atoms with E-state index in [2.05, 4.69) is 29.4 Å². The first-order chi connectivity index (χ1) is 13.3. The second-order valence-corrected chi connectivity index (χ2v) is 7.68. The van der Waals surface area contributed by atoms with Crippen LogP contribution in [0.3, 0.4) is 0 Å². The number of nitrogens with one attached hydrogen (secondary N) is 1. The lowest BCUT2D eigenvalue weighted by atomic mass is 10.0. The lowest BCUT2D eigenvalue weighted by molar-refractivity contribution is -0.119. The van der Waals surface area contributed by atoms with Crippen LogP contribution in [0.25, 0.3) is 22.0 Å². The van der Waals surface area contributed by atoms with Gasteiger partial charge in [0.05, 0.1) is 17.1 Å². The average Bonchev–Trinajstić information content (AvgIpc) is 3.35. The Kier molecular flexibility index (Phi) is 5.64. The molecule has 2 atom stereocenters. The lowest BCUT2D eigenvalue weighted by Crippen LogP contribution is -2.25. The summed E-state index contributed by atoms with van der Waals surface area (Å²) in [6, 6.07) is 3.92. The van der Waals surface area contributed by atoms with Crippen molar-refractivity contribution in [3.05, 3.63) is 30.5 Å². The number of benzene rings is 1. The highest BCUT2D eigenvalue weighted by atomic mass is 19.1. The van der Waals surface area contributed by atoms with Crippen LogP contribution in [0.4, 0.5) is 4.39 Å². The third kappa shape index (κ3) is 3.83. The summed E-state index contributed by atoms with van der Waals surface area (Å²) in [6.07, 6.45) is 3.92. The second-order valence-electron chi connectivity index (χ2n) is 7.68. The number of hydrogen-bond donors (Lipinski definition) is 1. The summed E-state index contributed by atoms with van der Waals surface area (Å²) < 4.78 is 23.9. The van der Waals surface area contributed by atoms with Crippen molar-refractivity contribution in [1.82, 2.24) is 24.9 Å². The highest BCUT2D eigenvalue weighted by Gasteiger charge is 2.29. The molecule has 1 aliphatic heterocycles. The molecule has 1 aliphatic rings. The van der Waals surface area contributed by atoms with Crippen molar-refractivity contribution in [2.45, 2.75) is 46.8 Å². The summed E-state index contributed by atoms with van der Waals surface area (Å²) in [5.74, 6) is 0.0622. The standard InChI is InChI=1S/C20H24FN5O2.CH4/c1-11(2)26-10-15(9-23-26)13-5-16-19(20(21)25(4)24-16)17(6-13)28-12(3)14-7-18(27)22-8-14;/h5-6,9-12,14H,7-8H2,1-4H3,(H,22,27);1H4/t12-,14-;/m1./s1. The van der Waals surface area contributed by atoms with Crippen molar-refractivity contribution in [2.75, 3.05) is 6.54 Å². The van der Waals surface area contributed by atoms with Gasteiger partial charge in [-0.15, -0.1) is 0 Å². The molecule has 0 unspecified atom stereocenters. The molecule has 0 aliphatic carbocycles. The van der Waals surface area contributed by atoms with Crippen molar-refractivity contribution in [3.63, 3.8) is 0 Å². The first-order valence-electron chi connectivity index (χ1n) is 9.47. The molecule has 1 amide bonds. The smallest absolute Gasteiger partial charge is 0.222 e. The van der Waals surface area contributed by atoms with E-state index in [-0.39, 0.29) is 31.4 Å². The zero-order valence-electron chi connectivity index (χ0n) is 16.4. The molecule has 1 N–H and O–H groups in total. The SMILES string of the molecule is C.CC(C)n1cc(-c2cc(O[C@H](C)[C@H]3CNC(=O)C3)c3c(F)n(C)nc3c2)cn1. The van der Waals surface area contributed by atoms with E-state index in [1.54, 1.807) is 13.2 Å². The minimum atomic E-state index is -0.442. The molecule has 1 saturated heterocycles. The lowest BCUT2D eigenvalue weighted by Gasteiger charge is -2.20. The van der Waals surface area contributed by atoms with Gasteiger partial charge in [-0.1, -0.05) is 7.43 Å². The van der Waals surface area contributed by atoms with E-state index in [0.717, 1.165) is 11.1 Å². The molecular weight excluding hydrogens is 373 g/mol. The second kappa shape index (κ2) is 7.85. The molecule has 0 saturated carbocycles. The summed E-state index contributed by atoms with van der Waals surface area (Å²) in [5.41, 5.74) is 2.30. The summed E-state index contributed by atoms with van der Waals surface area (Å²) in [5, 5.41) is 11.8. The molecule has 1 fully saturated rings. The molecule has 0 spiro atoms. The van der Waals surface area contributed by atoms with Gasteiger partial charge in [-0.2, -0.15) is 14.6 Å². The van der Waals surface area contributed by atoms with Gasteiger partial charge < -0.3 is 10.1 Å². The minimum absolute atomic E-state index is 0. The van der Waals surface area contributed by atoms with E-state index in [9.17, 15) is 9.18 Å². The number of carbonyl (C=O) groups excluding carboxylic acids is 1. The summed E-state index contributed by atoms with van der Waals surface area (Å²) in [6.45, 7) is 6.59. The predicted octanol–water partition coefficient (Wildman–Crippen LogP) is 3.70.